The van der Waals surface area contributed by atoms with Crippen molar-refractivity contribution in [1.29, 1.82) is 0 Å². The molecular weight excluding hydrogens is 376 g/mol. The number of hydrogen-bond acceptors (Lipinski definition) is 3. The summed E-state index contributed by atoms with van der Waals surface area (Å²) in [7, 11) is 0. The zero-order chi connectivity index (χ0) is 20.7. The van der Waals surface area contributed by atoms with Crippen LogP contribution in [0.5, 0.6) is 0 Å². The summed E-state index contributed by atoms with van der Waals surface area (Å²) in [4.78, 5) is 27.2. The molecule has 1 fully saturated rings. The highest BCUT2D eigenvalue weighted by Gasteiger charge is 2.48. The largest absolute Gasteiger partial charge is 0.338 e. The number of nitrogens with one attached hydrogen (secondary N) is 1. The molecule has 1 atom stereocenters. The van der Waals surface area contributed by atoms with Crippen LogP contribution in [0.4, 0.5) is 0 Å². The maximum atomic E-state index is 13.4. The summed E-state index contributed by atoms with van der Waals surface area (Å²) in [5, 5.41) is 11.3. The van der Waals surface area contributed by atoms with Gasteiger partial charge in [-0.2, -0.15) is 0 Å². The van der Waals surface area contributed by atoms with Crippen molar-refractivity contribution in [3.63, 3.8) is 0 Å². The molecule has 0 bridgehead atoms. The molecule has 5 heteroatoms. The molecule has 0 saturated carbocycles. The van der Waals surface area contributed by atoms with Gasteiger partial charge >= 0.3 is 0 Å². The van der Waals surface area contributed by atoms with Crippen molar-refractivity contribution in [3.05, 3.63) is 82.9 Å². The lowest BCUT2D eigenvalue weighted by molar-refractivity contribution is -0.137. The van der Waals surface area contributed by atoms with Gasteiger partial charge in [-0.25, -0.2) is 5.48 Å². The minimum atomic E-state index is -0.520. The maximum Gasteiger partial charge on any atom is 0.274 e. The fourth-order valence-corrected chi connectivity index (χ4v) is 5.06. The lowest BCUT2D eigenvalue weighted by Crippen LogP contribution is -2.38. The number of rotatable bonds is 3. The molecule has 152 valence electrons. The van der Waals surface area contributed by atoms with E-state index in [1.165, 1.54) is 16.3 Å². The van der Waals surface area contributed by atoms with Crippen molar-refractivity contribution in [2.24, 2.45) is 5.41 Å². The van der Waals surface area contributed by atoms with Crippen LogP contribution in [-0.2, 0) is 24.2 Å². The standard InChI is InChI=1S/C25H24N2O3/c28-23(26-30)21-8-7-19-9-10-25(15-22(19)14-21)11-12-27(24(25)29)16-17-5-6-18-3-1-2-4-20(18)13-17/h1-8,13-14,30H,9-12,15-16H2,(H,26,28). The fraction of sp³-hybridized carbons (Fsp3) is 0.280. The van der Waals surface area contributed by atoms with E-state index in [1.54, 1.807) is 11.5 Å². The van der Waals surface area contributed by atoms with E-state index in [2.05, 4.69) is 30.3 Å². The van der Waals surface area contributed by atoms with Crippen LogP contribution >= 0.6 is 0 Å². The highest BCUT2D eigenvalue weighted by molar-refractivity contribution is 5.94. The molecule has 3 aromatic rings. The van der Waals surface area contributed by atoms with Crippen LogP contribution in [-0.4, -0.2) is 28.5 Å². The molecule has 5 rings (SSSR count). The van der Waals surface area contributed by atoms with Crippen LogP contribution in [0.3, 0.4) is 0 Å². The minimum Gasteiger partial charge on any atom is -0.338 e. The first-order chi connectivity index (χ1) is 14.6. The third-order valence-corrected chi connectivity index (χ3v) is 6.76. The molecule has 1 saturated heterocycles. The van der Waals surface area contributed by atoms with Gasteiger partial charge in [0, 0.05) is 18.7 Å². The van der Waals surface area contributed by atoms with E-state index in [0.717, 1.165) is 36.9 Å². The predicted octanol–water partition coefficient (Wildman–Crippen LogP) is 3.87. The summed E-state index contributed by atoms with van der Waals surface area (Å²) in [5.41, 5.74) is 5.12. The van der Waals surface area contributed by atoms with Crippen LogP contribution in [0.1, 0.15) is 39.9 Å². The Morgan fingerprint density at radius 3 is 2.67 bits per heavy atom. The smallest absolute Gasteiger partial charge is 0.274 e. The summed E-state index contributed by atoms with van der Waals surface area (Å²) >= 11 is 0. The monoisotopic (exact) mass is 400 g/mol. The Balaban J connectivity index is 1.37. The van der Waals surface area contributed by atoms with E-state index in [1.807, 2.05) is 29.2 Å². The SMILES string of the molecule is O=C(NO)c1ccc2c(c1)CC1(CC2)CCN(Cc2ccc3ccccc3c2)C1=O. The number of likely N-dealkylation sites (tertiary alicyclic amines) is 1. The van der Waals surface area contributed by atoms with Gasteiger partial charge in [0.25, 0.3) is 5.91 Å². The van der Waals surface area contributed by atoms with Gasteiger partial charge in [-0.3, -0.25) is 14.8 Å². The van der Waals surface area contributed by atoms with Crippen molar-refractivity contribution < 1.29 is 14.8 Å². The summed E-state index contributed by atoms with van der Waals surface area (Å²) < 4.78 is 0. The lowest BCUT2D eigenvalue weighted by Gasteiger charge is -2.33. The molecule has 3 aromatic carbocycles. The van der Waals surface area contributed by atoms with Gasteiger partial charge in [-0.05, 0) is 71.3 Å². The molecule has 5 nitrogen and oxygen atoms in total. The number of hydrogen-bond donors (Lipinski definition) is 2. The van der Waals surface area contributed by atoms with E-state index < -0.39 is 5.91 Å². The normalized spacial score (nSPS) is 20.6. The average Bonchev–Trinajstić information content (AvgIpc) is 3.07. The molecule has 2 amide bonds. The van der Waals surface area contributed by atoms with E-state index in [0.29, 0.717) is 18.5 Å². The van der Waals surface area contributed by atoms with Crippen molar-refractivity contribution in [3.8, 4) is 0 Å². The average molecular weight is 400 g/mol. The van der Waals surface area contributed by atoms with Gasteiger partial charge in [-0.1, -0.05) is 42.5 Å². The van der Waals surface area contributed by atoms with Gasteiger partial charge in [0.2, 0.25) is 5.91 Å². The molecule has 1 spiro atoms. The summed E-state index contributed by atoms with van der Waals surface area (Å²) in [6.45, 7) is 1.39. The van der Waals surface area contributed by atoms with Crippen LogP contribution in [0.2, 0.25) is 0 Å². The quantitative estimate of drug-likeness (QED) is 0.518. The number of amides is 2. The van der Waals surface area contributed by atoms with Crippen LogP contribution in [0.25, 0.3) is 10.8 Å². The molecule has 0 radical (unpaired) electrons. The molecule has 1 aliphatic carbocycles. The molecule has 2 aliphatic rings. The highest BCUT2D eigenvalue weighted by Crippen LogP contribution is 2.44. The van der Waals surface area contributed by atoms with Gasteiger partial charge in [0.1, 0.15) is 0 Å². The van der Waals surface area contributed by atoms with Crippen LogP contribution in [0, 0.1) is 5.41 Å². The number of aryl methyl sites for hydroxylation is 1. The topological polar surface area (TPSA) is 69.6 Å². The first-order valence-corrected chi connectivity index (χ1v) is 10.4. The highest BCUT2D eigenvalue weighted by atomic mass is 16.5. The van der Waals surface area contributed by atoms with Crippen molar-refractivity contribution in [2.45, 2.75) is 32.2 Å². The first kappa shape index (κ1) is 18.8. The fourth-order valence-electron chi connectivity index (χ4n) is 5.06. The molecular formula is C25H24N2O3. The number of hydroxylamine groups is 1. The number of fused-ring (bicyclic) bond motifs is 2. The molecule has 1 heterocycles. The Bertz CT molecular complexity index is 1160. The predicted molar refractivity (Wildman–Crippen MR) is 114 cm³/mol. The summed E-state index contributed by atoms with van der Waals surface area (Å²) in [6.07, 6.45) is 3.18. The van der Waals surface area contributed by atoms with Crippen LogP contribution < -0.4 is 5.48 Å². The zero-order valence-electron chi connectivity index (χ0n) is 16.7. The Hall–Kier alpha value is -3.18. The van der Waals surface area contributed by atoms with Crippen molar-refractivity contribution >= 4 is 22.6 Å². The Morgan fingerprint density at radius 1 is 1.00 bits per heavy atom. The third-order valence-electron chi connectivity index (χ3n) is 6.76. The molecule has 1 unspecified atom stereocenters. The van der Waals surface area contributed by atoms with E-state index >= 15 is 0 Å². The Labute approximate surface area is 175 Å². The number of benzene rings is 3. The minimum absolute atomic E-state index is 0.221. The lowest BCUT2D eigenvalue weighted by atomic mass is 9.70. The maximum absolute atomic E-state index is 13.4. The van der Waals surface area contributed by atoms with E-state index in [-0.39, 0.29) is 11.3 Å². The molecule has 30 heavy (non-hydrogen) atoms. The van der Waals surface area contributed by atoms with Crippen molar-refractivity contribution in [2.75, 3.05) is 6.54 Å². The van der Waals surface area contributed by atoms with E-state index in [4.69, 9.17) is 5.21 Å². The van der Waals surface area contributed by atoms with Gasteiger partial charge in [-0.15, -0.1) is 0 Å². The van der Waals surface area contributed by atoms with E-state index in [9.17, 15) is 9.59 Å². The number of carbonyl (C=O) groups excluding carboxylic acids is 2. The Morgan fingerprint density at radius 2 is 1.83 bits per heavy atom. The van der Waals surface area contributed by atoms with Crippen molar-refractivity contribution in [1.82, 2.24) is 10.4 Å². The van der Waals surface area contributed by atoms with Gasteiger partial charge in [0.05, 0.1) is 5.41 Å². The number of carbonyl (C=O) groups is 2. The second kappa shape index (κ2) is 7.26. The van der Waals surface area contributed by atoms with Gasteiger partial charge < -0.3 is 4.90 Å². The van der Waals surface area contributed by atoms with Gasteiger partial charge in [0.15, 0.2) is 0 Å². The molecule has 2 N–H and O–H groups in total. The number of nitrogens with zero attached hydrogens (tertiary/aromatic N) is 1. The third kappa shape index (κ3) is 3.15. The Kier molecular flexibility index (Phi) is 4.55. The second-order valence-electron chi connectivity index (χ2n) is 8.54. The summed E-state index contributed by atoms with van der Waals surface area (Å²) in [5.74, 6) is -0.300. The van der Waals surface area contributed by atoms with Crippen LogP contribution in [0.15, 0.2) is 60.7 Å². The molecule has 0 aromatic heterocycles. The molecule has 1 aliphatic heterocycles. The first-order valence-electron chi connectivity index (χ1n) is 10.4. The second-order valence-corrected chi connectivity index (χ2v) is 8.54. The summed E-state index contributed by atoms with van der Waals surface area (Å²) in [6, 6.07) is 20.2. The zero-order valence-corrected chi connectivity index (χ0v) is 16.7.